The molecule has 0 aromatic heterocycles. The number of aryl methyl sites for hydroxylation is 1. The Morgan fingerprint density at radius 2 is 1.76 bits per heavy atom. The SMILES string of the molecule is CCc1ccc(Oc2ccc(C3=CC=CN4CCSN=C34)cc2)cc1. The number of nitrogens with zero attached hydrogens (tertiary/aromatic N) is 2. The van der Waals surface area contributed by atoms with Crippen molar-refractivity contribution in [2.75, 3.05) is 12.3 Å². The summed E-state index contributed by atoms with van der Waals surface area (Å²) in [5.74, 6) is 3.79. The molecular weight excluding hydrogens is 328 g/mol. The monoisotopic (exact) mass is 348 g/mol. The third kappa shape index (κ3) is 3.49. The van der Waals surface area contributed by atoms with Gasteiger partial charge in [-0.3, -0.25) is 0 Å². The van der Waals surface area contributed by atoms with E-state index in [4.69, 9.17) is 4.74 Å². The van der Waals surface area contributed by atoms with Gasteiger partial charge in [-0.25, -0.2) is 0 Å². The minimum absolute atomic E-state index is 0.844. The molecule has 0 unspecified atom stereocenters. The third-order valence-electron chi connectivity index (χ3n) is 4.35. The van der Waals surface area contributed by atoms with Crippen molar-refractivity contribution in [3.8, 4) is 11.5 Å². The average Bonchev–Trinajstić information content (AvgIpc) is 2.69. The molecule has 2 aromatic rings. The number of hydrogen-bond donors (Lipinski definition) is 0. The molecule has 0 atom stereocenters. The van der Waals surface area contributed by atoms with E-state index in [0.717, 1.165) is 47.2 Å². The number of fused-ring (bicyclic) bond motifs is 1. The molecule has 0 saturated carbocycles. The van der Waals surface area contributed by atoms with Crippen LogP contribution in [0.5, 0.6) is 11.5 Å². The van der Waals surface area contributed by atoms with E-state index in [1.54, 1.807) is 11.9 Å². The van der Waals surface area contributed by atoms with Crippen LogP contribution in [-0.2, 0) is 6.42 Å². The molecule has 25 heavy (non-hydrogen) atoms. The minimum atomic E-state index is 0.844. The maximum Gasteiger partial charge on any atom is 0.148 e. The Morgan fingerprint density at radius 1 is 1.04 bits per heavy atom. The van der Waals surface area contributed by atoms with Crippen LogP contribution in [0, 0.1) is 0 Å². The van der Waals surface area contributed by atoms with Gasteiger partial charge in [0.15, 0.2) is 0 Å². The van der Waals surface area contributed by atoms with Crippen LogP contribution in [0.2, 0.25) is 0 Å². The predicted molar refractivity (Wildman–Crippen MR) is 106 cm³/mol. The number of allylic oxidation sites excluding steroid dienone is 2. The lowest BCUT2D eigenvalue weighted by Crippen LogP contribution is -2.32. The smallest absolute Gasteiger partial charge is 0.148 e. The van der Waals surface area contributed by atoms with Gasteiger partial charge in [0, 0.05) is 24.1 Å². The highest BCUT2D eigenvalue weighted by molar-refractivity contribution is 7.98. The molecular formula is C21H20N2OS. The zero-order chi connectivity index (χ0) is 17.1. The Morgan fingerprint density at radius 3 is 2.48 bits per heavy atom. The summed E-state index contributed by atoms with van der Waals surface area (Å²) in [7, 11) is 0. The van der Waals surface area contributed by atoms with Crippen molar-refractivity contribution in [1.29, 1.82) is 0 Å². The fourth-order valence-electron chi connectivity index (χ4n) is 2.93. The molecule has 0 spiro atoms. The van der Waals surface area contributed by atoms with Gasteiger partial charge in [-0.05, 0) is 65.9 Å². The molecule has 3 nitrogen and oxygen atoms in total. The van der Waals surface area contributed by atoms with E-state index in [1.165, 1.54) is 5.56 Å². The first kappa shape index (κ1) is 16.0. The van der Waals surface area contributed by atoms with Crippen LogP contribution in [0.4, 0.5) is 0 Å². The topological polar surface area (TPSA) is 24.8 Å². The molecule has 0 bridgehead atoms. The van der Waals surface area contributed by atoms with Gasteiger partial charge < -0.3 is 9.64 Å². The van der Waals surface area contributed by atoms with Crippen molar-refractivity contribution in [2.45, 2.75) is 13.3 Å². The maximum absolute atomic E-state index is 5.95. The third-order valence-corrected chi connectivity index (χ3v) is 5.02. The van der Waals surface area contributed by atoms with E-state index < -0.39 is 0 Å². The molecule has 2 aliphatic heterocycles. The standard InChI is InChI=1S/C21H20N2OS/c1-2-16-5-9-18(10-6-16)24-19-11-7-17(8-12-19)20-4-3-13-23-14-15-25-22-21(20)23/h3-13H,2,14-15H2,1H3. The second kappa shape index (κ2) is 7.19. The van der Waals surface area contributed by atoms with Crippen molar-refractivity contribution >= 4 is 23.4 Å². The van der Waals surface area contributed by atoms with E-state index >= 15 is 0 Å². The Labute approximate surface area is 152 Å². The first-order chi connectivity index (χ1) is 12.3. The van der Waals surface area contributed by atoms with Crippen molar-refractivity contribution in [3.05, 3.63) is 78.0 Å². The Bertz CT molecular complexity index is 835. The Hall–Kier alpha value is -2.46. The summed E-state index contributed by atoms with van der Waals surface area (Å²) in [5, 5.41) is 0. The molecule has 4 rings (SSSR count). The van der Waals surface area contributed by atoms with Gasteiger partial charge >= 0.3 is 0 Å². The molecule has 0 amide bonds. The lowest BCUT2D eigenvalue weighted by molar-refractivity contribution is 0.482. The van der Waals surface area contributed by atoms with Gasteiger partial charge in [-0.15, -0.1) is 0 Å². The summed E-state index contributed by atoms with van der Waals surface area (Å²) >= 11 is 1.63. The van der Waals surface area contributed by atoms with E-state index in [9.17, 15) is 0 Å². The lowest BCUT2D eigenvalue weighted by Gasteiger charge is -2.29. The van der Waals surface area contributed by atoms with Gasteiger partial charge in [0.05, 0.1) is 0 Å². The Balaban J connectivity index is 1.52. The Kier molecular flexibility index (Phi) is 4.61. The number of hydrogen-bond acceptors (Lipinski definition) is 4. The molecule has 0 fully saturated rings. The number of rotatable bonds is 4. The summed E-state index contributed by atoms with van der Waals surface area (Å²) in [4.78, 5) is 2.21. The number of ether oxygens (including phenoxy) is 1. The highest BCUT2D eigenvalue weighted by atomic mass is 32.2. The minimum Gasteiger partial charge on any atom is -0.457 e. The van der Waals surface area contributed by atoms with Crippen LogP contribution in [0.15, 0.2) is 71.3 Å². The van der Waals surface area contributed by atoms with Gasteiger partial charge in [-0.2, -0.15) is 4.40 Å². The zero-order valence-electron chi connectivity index (χ0n) is 14.2. The van der Waals surface area contributed by atoms with Gasteiger partial charge in [-0.1, -0.05) is 31.2 Å². The van der Waals surface area contributed by atoms with E-state index in [0.29, 0.717) is 0 Å². The molecule has 4 heteroatoms. The average molecular weight is 348 g/mol. The predicted octanol–water partition coefficient (Wildman–Crippen LogP) is 5.31. The molecule has 0 radical (unpaired) electrons. The van der Waals surface area contributed by atoms with Crippen LogP contribution < -0.4 is 4.74 Å². The molecule has 0 aliphatic carbocycles. The highest BCUT2D eigenvalue weighted by Crippen LogP contribution is 2.29. The number of amidine groups is 1. The van der Waals surface area contributed by atoms with Crippen molar-refractivity contribution in [1.82, 2.24) is 4.90 Å². The largest absolute Gasteiger partial charge is 0.457 e. The van der Waals surface area contributed by atoms with Crippen molar-refractivity contribution < 1.29 is 4.74 Å². The fourth-order valence-corrected chi connectivity index (χ4v) is 3.62. The molecule has 2 aromatic carbocycles. The van der Waals surface area contributed by atoms with Crippen LogP contribution in [0.25, 0.3) is 5.57 Å². The van der Waals surface area contributed by atoms with Crippen LogP contribution in [0.3, 0.4) is 0 Å². The molecule has 126 valence electrons. The first-order valence-corrected chi connectivity index (χ1v) is 9.50. The van der Waals surface area contributed by atoms with E-state index in [2.05, 4.69) is 58.8 Å². The van der Waals surface area contributed by atoms with Crippen LogP contribution in [0.1, 0.15) is 18.1 Å². The lowest BCUT2D eigenvalue weighted by atomic mass is 10.0. The second-order valence-electron chi connectivity index (χ2n) is 5.99. The van der Waals surface area contributed by atoms with E-state index in [1.807, 2.05) is 24.3 Å². The van der Waals surface area contributed by atoms with Crippen molar-refractivity contribution in [2.24, 2.45) is 4.40 Å². The maximum atomic E-state index is 5.95. The number of benzene rings is 2. The van der Waals surface area contributed by atoms with Crippen LogP contribution >= 0.6 is 11.9 Å². The zero-order valence-corrected chi connectivity index (χ0v) is 15.0. The molecule has 0 saturated heterocycles. The fraction of sp³-hybridized carbons (Fsp3) is 0.190. The molecule has 2 aliphatic rings. The van der Waals surface area contributed by atoms with Crippen molar-refractivity contribution in [3.63, 3.8) is 0 Å². The van der Waals surface area contributed by atoms with Gasteiger partial charge in [0.2, 0.25) is 0 Å². The summed E-state index contributed by atoms with van der Waals surface area (Å²) in [6, 6.07) is 16.5. The highest BCUT2D eigenvalue weighted by Gasteiger charge is 2.21. The van der Waals surface area contributed by atoms with E-state index in [-0.39, 0.29) is 0 Å². The summed E-state index contributed by atoms with van der Waals surface area (Å²) < 4.78 is 10.6. The second-order valence-corrected chi connectivity index (χ2v) is 6.84. The quantitative estimate of drug-likeness (QED) is 0.700. The van der Waals surface area contributed by atoms with Gasteiger partial charge in [0.25, 0.3) is 0 Å². The normalized spacial score (nSPS) is 16.1. The summed E-state index contributed by atoms with van der Waals surface area (Å²) in [5.41, 5.74) is 3.63. The first-order valence-electron chi connectivity index (χ1n) is 8.56. The molecule has 2 heterocycles. The summed E-state index contributed by atoms with van der Waals surface area (Å²) in [6.07, 6.45) is 7.35. The molecule has 0 N–H and O–H groups in total. The van der Waals surface area contributed by atoms with Gasteiger partial charge in [0.1, 0.15) is 17.3 Å². The summed E-state index contributed by atoms with van der Waals surface area (Å²) in [6.45, 7) is 3.16. The van der Waals surface area contributed by atoms with Crippen LogP contribution in [-0.4, -0.2) is 23.0 Å².